The molecule has 5 heteroatoms. The number of nitrogens with one attached hydrogen (secondary N) is 1. The largest absolute Gasteiger partial charge is 0.395 e. The third-order valence-corrected chi connectivity index (χ3v) is 2.75. The van der Waals surface area contributed by atoms with E-state index in [-0.39, 0.29) is 24.9 Å². The molecule has 82 valence electrons. The molecule has 0 aliphatic carbocycles. The molecule has 0 spiro atoms. The Bertz CT molecular complexity index is 221. The molecule has 2 aliphatic rings. The molecule has 0 aromatic rings. The van der Waals surface area contributed by atoms with Crippen molar-refractivity contribution in [2.75, 3.05) is 13.2 Å². The van der Waals surface area contributed by atoms with E-state index in [1.165, 1.54) is 0 Å². The first kappa shape index (κ1) is 10.3. The fraction of sp³-hybridized carbons (Fsp3) is 1.00. The molecule has 2 aliphatic heterocycles. The van der Waals surface area contributed by atoms with Gasteiger partial charge >= 0.3 is 0 Å². The molecule has 2 saturated heterocycles. The summed E-state index contributed by atoms with van der Waals surface area (Å²) >= 11 is 0. The van der Waals surface area contributed by atoms with E-state index in [9.17, 15) is 5.11 Å². The molecule has 0 saturated carbocycles. The number of aliphatic hydroxyl groups excluding tert-OH is 2. The van der Waals surface area contributed by atoms with Gasteiger partial charge in [0.1, 0.15) is 18.3 Å². The molecule has 0 bridgehead atoms. The van der Waals surface area contributed by atoms with E-state index < -0.39 is 11.9 Å². The molecule has 2 fully saturated rings. The van der Waals surface area contributed by atoms with Gasteiger partial charge in [0.25, 0.3) is 0 Å². The summed E-state index contributed by atoms with van der Waals surface area (Å²) in [5.41, 5.74) is 0. The third kappa shape index (κ3) is 1.66. The quantitative estimate of drug-likeness (QED) is 0.501. The van der Waals surface area contributed by atoms with Gasteiger partial charge in [-0.3, -0.25) is 0 Å². The first-order chi connectivity index (χ1) is 6.53. The maximum atomic E-state index is 9.84. The van der Waals surface area contributed by atoms with E-state index in [1.807, 2.05) is 13.8 Å². The second kappa shape index (κ2) is 3.43. The molecule has 5 nitrogen and oxygen atoms in total. The minimum Gasteiger partial charge on any atom is -0.395 e. The summed E-state index contributed by atoms with van der Waals surface area (Å²) in [5, 5.41) is 21.9. The molecule has 0 unspecified atom stereocenters. The van der Waals surface area contributed by atoms with Crippen molar-refractivity contribution in [2.24, 2.45) is 0 Å². The van der Waals surface area contributed by atoms with Crippen LogP contribution in [0.4, 0.5) is 0 Å². The number of piperidine rings is 1. The van der Waals surface area contributed by atoms with Crippen LogP contribution in [-0.2, 0) is 9.47 Å². The van der Waals surface area contributed by atoms with Gasteiger partial charge < -0.3 is 25.0 Å². The number of ether oxygens (including phenoxy) is 2. The highest BCUT2D eigenvalue weighted by Gasteiger charge is 2.49. The molecule has 14 heavy (non-hydrogen) atoms. The van der Waals surface area contributed by atoms with E-state index in [0.29, 0.717) is 6.54 Å². The topological polar surface area (TPSA) is 71.0 Å². The summed E-state index contributed by atoms with van der Waals surface area (Å²) in [5.74, 6) is -0.637. The lowest BCUT2D eigenvalue weighted by Gasteiger charge is -2.34. The van der Waals surface area contributed by atoms with Gasteiger partial charge in [0.05, 0.1) is 12.6 Å². The SMILES string of the molecule is CC1(C)O[C@H]2[C@H](O)[C@H](CO)NC[C@@H]2O1. The van der Waals surface area contributed by atoms with E-state index in [1.54, 1.807) is 0 Å². The van der Waals surface area contributed by atoms with E-state index in [4.69, 9.17) is 14.6 Å². The van der Waals surface area contributed by atoms with Gasteiger partial charge in [-0.15, -0.1) is 0 Å². The van der Waals surface area contributed by atoms with Crippen LogP contribution in [-0.4, -0.2) is 53.5 Å². The second-order valence-corrected chi connectivity index (χ2v) is 4.33. The maximum absolute atomic E-state index is 9.84. The molecular formula is C9H17NO4. The summed E-state index contributed by atoms with van der Waals surface area (Å²) in [6, 6.07) is -0.311. The molecule has 2 rings (SSSR count). The fourth-order valence-corrected chi connectivity index (χ4v) is 2.10. The number of hydrogen-bond acceptors (Lipinski definition) is 5. The van der Waals surface area contributed by atoms with E-state index >= 15 is 0 Å². The molecular weight excluding hydrogens is 186 g/mol. The van der Waals surface area contributed by atoms with Crippen LogP contribution in [0, 0.1) is 0 Å². The van der Waals surface area contributed by atoms with Crippen molar-refractivity contribution in [1.82, 2.24) is 5.32 Å². The predicted octanol–water partition coefficient (Wildman–Crippen LogP) is -1.17. The van der Waals surface area contributed by atoms with Gasteiger partial charge in [-0.05, 0) is 13.8 Å². The van der Waals surface area contributed by atoms with Crippen LogP contribution in [0.15, 0.2) is 0 Å². The standard InChI is InChI=1S/C9H17NO4/c1-9(2)13-6-3-10-5(4-11)7(12)8(6)14-9/h5-8,10-12H,3-4H2,1-2H3/t5-,6-,7+,8+/m0/s1. The van der Waals surface area contributed by atoms with Gasteiger partial charge in [-0.2, -0.15) is 0 Å². The Hall–Kier alpha value is -0.200. The second-order valence-electron chi connectivity index (χ2n) is 4.33. The van der Waals surface area contributed by atoms with Crippen LogP contribution in [0.3, 0.4) is 0 Å². The Morgan fingerprint density at radius 1 is 1.43 bits per heavy atom. The Labute approximate surface area is 83.0 Å². The zero-order chi connectivity index (χ0) is 10.3. The van der Waals surface area contributed by atoms with Gasteiger partial charge in [-0.1, -0.05) is 0 Å². The summed E-state index contributed by atoms with van der Waals surface area (Å²) in [4.78, 5) is 0. The van der Waals surface area contributed by atoms with E-state index in [2.05, 4.69) is 5.32 Å². The predicted molar refractivity (Wildman–Crippen MR) is 48.7 cm³/mol. The number of rotatable bonds is 1. The summed E-state index contributed by atoms with van der Waals surface area (Å²) in [6.45, 7) is 4.17. The Morgan fingerprint density at radius 3 is 2.79 bits per heavy atom. The third-order valence-electron chi connectivity index (χ3n) is 2.75. The fourth-order valence-electron chi connectivity index (χ4n) is 2.10. The van der Waals surface area contributed by atoms with Crippen LogP contribution in [0.25, 0.3) is 0 Å². The monoisotopic (exact) mass is 203 g/mol. The number of aliphatic hydroxyl groups is 2. The lowest BCUT2D eigenvalue weighted by molar-refractivity contribution is -0.154. The van der Waals surface area contributed by atoms with Gasteiger partial charge in [0, 0.05) is 6.54 Å². The van der Waals surface area contributed by atoms with Gasteiger partial charge in [0.15, 0.2) is 5.79 Å². The molecule has 0 radical (unpaired) electrons. The number of fused-ring (bicyclic) bond motifs is 1. The zero-order valence-electron chi connectivity index (χ0n) is 8.43. The first-order valence-electron chi connectivity index (χ1n) is 4.91. The van der Waals surface area contributed by atoms with Crippen molar-refractivity contribution in [3.63, 3.8) is 0 Å². The van der Waals surface area contributed by atoms with Crippen molar-refractivity contribution in [3.8, 4) is 0 Å². The molecule has 0 aromatic heterocycles. The average Bonchev–Trinajstić information content (AvgIpc) is 2.42. The van der Waals surface area contributed by atoms with Crippen molar-refractivity contribution in [2.45, 2.75) is 44.0 Å². The van der Waals surface area contributed by atoms with Crippen molar-refractivity contribution < 1.29 is 19.7 Å². The lowest BCUT2D eigenvalue weighted by atomic mass is 9.97. The highest BCUT2D eigenvalue weighted by molar-refractivity contribution is 4.97. The minimum atomic E-state index is -0.708. The van der Waals surface area contributed by atoms with Crippen molar-refractivity contribution in [3.05, 3.63) is 0 Å². The van der Waals surface area contributed by atoms with Gasteiger partial charge in [-0.25, -0.2) is 0 Å². The average molecular weight is 203 g/mol. The number of hydrogen-bond donors (Lipinski definition) is 3. The van der Waals surface area contributed by atoms with Crippen LogP contribution in [0.1, 0.15) is 13.8 Å². The Balaban J connectivity index is 2.08. The minimum absolute atomic E-state index is 0.0891. The van der Waals surface area contributed by atoms with E-state index in [0.717, 1.165) is 0 Å². The Kier molecular flexibility index (Phi) is 2.53. The lowest BCUT2D eigenvalue weighted by Crippen LogP contribution is -2.59. The molecule has 0 amide bonds. The highest BCUT2D eigenvalue weighted by atomic mass is 16.8. The molecule has 2 heterocycles. The van der Waals surface area contributed by atoms with Crippen LogP contribution in [0.2, 0.25) is 0 Å². The maximum Gasteiger partial charge on any atom is 0.163 e. The van der Waals surface area contributed by atoms with Crippen LogP contribution < -0.4 is 5.32 Å². The van der Waals surface area contributed by atoms with Crippen LogP contribution >= 0.6 is 0 Å². The zero-order valence-corrected chi connectivity index (χ0v) is 8.43. The normalized spacial score (nSPS) is 46.3. The summed E-state index contributed by atoms with van der Waals surface area (Å²) in [6.07, 6.45) is -1.16. The summed E-state index contributed by atoms with van der Waals surface area (Å²) < 4.78 is 11.2. The van der Waals surface area contributed by atoms with Crippen molar-refractivity contribution >= 4 is 0 Å². The van der Waals surface area contributed by atoms with Gasteiger partial charge in [0.2, 0.25) is 0 Å². The van der Waals surface area contributed by atoms with Crippen LogP contribution in [0.5, 0.6) is 0 Å². The molecule has 3 N–H and O–H groups in total. The smallest absolute Gasteiger partial charge is 0.163 e. The highest BCUT2D eigenvalue weighted by Crippen LogP contribution is 2.32. The molecule has 0 aromatic carbocycles. The first-order valence-corrected chi connectivity index (χ1v) is 4.91. The summed E-state index contributed by atoms with van der Waals surface area (Å²) in [7, 11) is 0. The molecule has 4 atom stereocenters. The van der Waals surface area contributed by atoms with Crippen molar-refractivity contribution in [1.29, 1.82) is 0 Å². The Morgan fingerprint density at radius 2 is 2.14 bits per heavy atom.